The van der Waals surface area contributed by atoms with Gasteiger partial charge in [-0.3, -0.25) is 4.79 Å². The maximum absolute atomic E-state index is 12.4. The number of aryl methyl sites for hydroxylation is 2. The third-order valence-corrected chi connectivity index (χ3v) is 4.91. The van der Waals surface area contributed by atoms with Crippen molar-refractivity contribution in [2.24, 2.45) is 11.8 Å². The van der Waals surface area contributed by atoms with Gasteiger partial charge in [-0.25, -0.2) is 0 Å². The maximum atomic E-state index is 12.4. The van der Waals surface area contributed by atoms with E-state index in [0.29, 0.717) is 5.92 Å². The van der Waals surface area contributed by atoms with Crippen LogP contribution < -0.4 is 5.32 Å². The molecule has 1 aromatic rings. The fraction of sp³-hybridized carbons (Fsp3) is 0.588. The van der Waals surface area contributed by atoms with Crippen LogP contribution in [0.3, 0.4) is 0 Å². The van der Waals surface area contributed by atoms with Crippen molar-refractivity contribution in [2.45, 2.75) is 52.4 Å². The SMILES string of the molecule is Cc1cc(C)c2c(c1)C(C1CCC(C)CC1)C(=O)N2. The monoisotopic (exact) mass is 257 g/mol. The number of benzene rings is 1. The van der Waals surface area contributed by atoms with Gasteiger partial charge in [0.15, 0.2) is 0 Å². The number of hydrogen-bond acceptors (Lipinski definition) is 1. The molecular weight excluding hydrogens is 234 g/mol. The lowest BCUT2D eigenvalue weighted by atomic mass is 9.74. The average Bonchev–Trinajstić information content (AvgIpc) is 2.67. The fourth-order valence-corrected chi connectivity index (χ4v) is 3.85. The van der Waals surface area contributed by atoms with Gasteiger partial charge in [0, 0.05) is 5.69 Å². The van der Waals surface area contributed by atoms with E-state index in [-0.39, 0.29) is 11.8 Å². The number of carbonyl (C=O) groups is 1. The molecule has 2 aliphatic rings. The summed E-state index contributed by atoms with van der Waals surface area (Å²) in [6, 6.07) is 4.37. The molecule has 0 spiro atoms. The predicted octanol–water partition coefficient (Wildman–Crippen LogP) is 4.17. The third kappa shape index (κ3) is 2.18. The molecule has 1 amide bonds. The molecule has 0 aromatic heterocycles. The van der Waals surface area contributed by atoms with Crippen molar-refractivity contribution < 1.29 is 4.79 Å². The molecule has 0 bridgehead atoms. The Kier molecular flexibility index (Phi) is 3.12. The predicted molar refractivity (Wildman–Crippen MR) is 78.4 cm³/mol. The first-order valence-electron chi connectivity index (χ1n) is 7.48. The highest BCUT2D eigenvalue weighted by molar-refractivity contribution is 6.04. The Morgan fingerprint density at radius 1 is 1.11 bits per heavy atom. The molecule has 3 rings (SSSR count). The minimum Gasteiger partial charge on any atom is -0.325 e. The summed E-state index contributed by atoms with van der Waals surface area (Å²) in [4.78, 5) is 12.4. The highest BCUT2D eigenvalue weighted by Gasteiger charge is 2.38. The van der Waals surface area contributed by atoms with Crippen LogP contribution in [-0.4, -0.2) is 5.91 Å². The van der Waals surface area contributed by atoms with Gasteiger partial charge in [-0.1, -0.05) is 37.5 Å². The van der Waals surface area contributed by atoms with E-state index in [9.17, 15) is 4.79 Å². The Hall–Kier alpha value is -1.31. The van der Waals surface area contributed by atoms with Crippen LogP contribution in [0.4, 0.5) is 5.69 Å². The second kappa shape index (κ2) is 4.66. The lowest BCUT2D eigenvalue weighted by Crippen LogP contribution is -2.24. The fourth-order valence-electron chi connectivity index (χ4n) is 3.85. The van der Waals surface area contributed by atoms with E-state index < -0.39 is 0 Å². The zero-order valence-electron chi connectivity index (χ0n) is 12.1. The van der Waals surface area contributed by atoms with Crippen LogP contribution in [0, 0.1) is 25.7 Å². The van der Waals surface area contributed by atoms with E-state index in [2.05, 4.69) is 38.2 Å². The normalized spacial score (nSPS) is 30.1. The lowest BCUT2D eigenvalue weighted by Gasteiger charge is -2.29. The van der Waals surface area contributed by atoms with Gasteiger partial charge in [0.25, 0.3) is 0 Å². The first-order valence-corrected chi connectivity index (χ1v) is 7.48. The molecule has 1 heterocycles. The Labute approximate surface area is 115 Å². The topological polar surface area (TPSA) is 29.1 Å². The second-order valence-corrected chi connectivity index (χ2v) is 6.53. The molecule has 0 saturated heterocycles. The van der Waals surface area contributed by atoms with Gasteiger partial charge in [0.05, 0.1) is 5.92 Å². The minimum absolute atomic E-state index is 0.0982. The summed E-state index contributed by atoms with van der Waals surface area (Å²) in [7, 11) is 0. The van der Waals surface area contributed by atoms with Gasteiger partial charge in [-0.2, -0.15) is 0 Å². The number of rotatable bonds is 1. The number of amides is 1. The molecule has 2 nitrogen and oxygen atoms in total. The highest BCUT2D eigenvalue weighted by Crippen LogP contribution is 2.45. The Balaban J connectivity index is 1.94. The van der Waals surface area contributed by atoms with Crippen molar-refractivity contribution in [3.8, 4) is 0 Å². The summed E-state index contributed by atoms with van der Waals surface area (Å²) in [6.07, 6.45) is 4.94. The molecule has 1 saturated carbocycles. The van der Waals surface area contributed by atoms with Gasteiger partial charge in [-0.05, 0) is 49.7 Å². The van der Waals surface area contributed by atoms with Gasteiger partial charge in [-0.15, -0.1) is 0 Å². The van der Waals surface area contributed by atoms with Gasteiger partial charge in [0.1, 0.15) is 0 Å². The van der Waals surface area contributed by atoms with E-state index in [1.165, 1.54) is 42.4 Å². The molecule has 19 heavy (non-hydrogen) atoms. The summed E-state index contributed by atoms with van der Waals surface area (Å²) in [5.41, 5.74) is 4.80. The number of fused-ring (bicyclic) bond motifs is 1. The zero-order valence-corrected chi connectivity index (χ0v) is 12.1. The van der Waals surface area contributed by atoms with Crippen LogP contribution in [0.2, 0.25) is 0 Å². The van der Waals surface area contributed by atoms with Crippen molar-refractivity contribution >= 4 is 11.6 Å². The quantitative estimate of drug-likeness (QED) is 0.804. The van der Waals surface area contributed by atoms with Crippen molar-refractivity contribution in [1.29, 1.82) is 0 Å². The Morgan fingerprint density at radius 3 is 2.47 bits per heavy atom. The van der Waals surface area contributed by atoms with Crippen molar-refractivity contribution in [3.63, 3.8) is 0 Å². The molecule has 102 valence electrons. The van der Waals surface area contributed by atoms with E-state index in [4.69, 9.17) is 0 Å². The van der Waals surface area contributed by atoms with Crippen molar-refractivity contribution in [1.82, 2.24) is 0 Å². The second-order valence-electron chi connectivity index (χ2n) is 6.53. The molecule has 0 radical (unpaired) electrons. The maximum Gasteiger partial charge on any atom is 0.232 e. The summed E-state index contributed by atoms with van der Waals surface area (Å²) in [6.45, 7) is 6.54. The van der Waals surface area contributed by atoms with Crippen LogP contribution in [0.1, 0.15) is 55.2 Å². The number of nitrogens with one attached hydrogen (secondary N) is 1. The molecule has 1 N–H and O–H groups in total. The largest absolute Gasteiger partial charge is 0.325 e. The third-order valence-electron chi connectivity index (χ3n) is 4.91. The number of anilines is 1. The first-order chi connectivity index (χ1) is 9.06. The smallest absolute Gasteiger partial charge is 0.232 e. The average molecular weight is 257 g/mol. The van der Waals surface area contributed by atoms with Crippen molar-refractivity contribution in [2.75, 3.05) is 5.32 Å². The molecule has 2 heteroatoms. The minimum atomic E-state index is 0.0982. The van der Waals surface area contributed by atoms with Gasteiger partial charge < -0.3 is 5.32 Å². The van der Waals surface area contributed by atoms with Crippen LogP contribution >= 0.6 is 0 Å². The van der Waals surface area contributed by atoms with Gasteiger partial charge in [0.2, 0.25) is 5.91 Å². The summed E-state index contributed by atoms with van der Waals surface area (Å²) < 4.78 is 0. The molecule has 1 aromatic carbocycles. The van der Waals surface area contributed by atoms with Crippen LogP contribution in [0.15, 0.2) is 12.1 Å². The summed E-state index contributed by atoms with van der Waals surface area (Å²) in [5, 5.41) is 3.11. The van der Waals surface area contributed by atoms with Crippen LogP contribution in [-0.2, 0) is 4.79 Å². The van der Waals surface area contributed by atoms with Gasteiger partial charge >= 0.3 is 0 Å². The Bertz CT molecular complexity index is 512. The number of hydrogen-bond donors (Lipinski definition) is 1. The molecule has 1 fully saturated rings. The Morgan fingerprint density at radius 2 is 1.79 bits per heavy atom. The highest BCUT2D eigenvalue weighted by atomic mass is 16.2. The van der Waals surface area contributed by atoms with Crippen LogP contribution in [0.25, 0.3) is 0 Å². The van der Waals surface area contributed by atoms with Crippen molar-refractivity contribution in [3.05, 3.63) is 28.8 Å². The van der Waals surface area contributed by atoms with Crippen LogP contribution in [0.5, 0.6) is 0 Å². The molecule has 1 aliphatic carbocycles. The van der Waals surface area contributed by atoms with E-state index in [1.54, 1.807) is 0 Å². The molecular formula is C17H23NO. The summed E-state index contributed by atoms with van der Waals surface area (Å²) in [5.74, 6) is 1.70. The standard InChI is InChI=1S/C17H23NO/c1-10-4-6-13(7-5-10)15-14-9-11(2)8-12(3)16(14)18-17(15)19/h8-10,13,15H,4-7H2,1-3H3,(H,18,19). The molecule has 1 aliphatic heterocycles. The zero-order chi connectivity index (χ0) is 13.6. The molecule has 1 unspecified atom stereocenters. The first kappa shape index (κ1) is 12.7. The lowest BCUT2D eigenvalue weighted by molar-refractivity contribution is -0.118. The summed E-state index contributed by atoms with van der Waals surface area (Å²) >= 11 is 0. The van der Waals surface area contributed by atoms with E-state index in [1.807, 2.05) is 0 Å². The number of carbonyl (C=O) groups excluding carboxylic acids is 1. The molecule has 1 atom stereocenters. The van der Waals surface area contributed by atoms with E-state index in [0.717, 1.165) is 11.6 Å². The van der Waals surface area contributed by atoms with E-state index >= 15 is 0 Å².